The van der Waals surface area contributed by atoms with Gasteiger partial charge >= 0.3 is 0 Å². The summed E-state index contributed by atoms with van der Waals surface area (Å²) >= 11 is 1.43. The van der Waals surface area contributed by atoms with Crippen LogP contribution < -0.4 is 15.5 Å². The van der Waals surface area contributed by atoms with E-state index in [1.807, 2.05) is 38.2 Å². The van der Waals surface area contributed by atoms with Crippen LogP contribution in [-0.4, -0.2) is 32.3 Å². The molecule has 1 amide bonds. The van der Waals surface area contributed by atoms with E-state index < -0.39 is 0 Å². The summed E-state index contributed by atoms with van der Waals surface area (Å²) < 4.78 is 8.63. The van der Waals surface area contributed by atoms with E-state index in [0.717, 1.165) is 16.4 Å². The second kappa shape index (κ2) is 8.75. The molecule has 9 heteroatoms. The lowest BCUT2D eigenvalue weighted by Gasteiger charge is -2.15. The number of nitrogens with one attached hydrogen (secondary N) is 1. The molecule has 0 saturated carbocycles. The predicted molar refractivity (Wildman–Crippen MR) is 108 cm³/mol. The van der Waals surface area contributed by atoms with Crippen molar-refractivity contribution in [3.8, 4) is 5.75 Å². The Hall–Kier alpha value is -3.07. The Labute approximate surface area is 166 Å². The summed E-state index contributed by atoms with van der Waals surface area (Å²) in [5, 5.41) is 11.5. The van der Waals surface area contributed by atoms with E-state index >= 15 is 0 Å². The molecule has 0 spiro atoms. The number of hydrogen-bond donors (Lipinski definition) is 1. The number of thioether (sulfide) groups is 1. The smallest absolute Gasteiger partial charge is 0.244 e. The molecular weight excluding hydrogens is 378 g/mol. The number of methoxy groups -OCH3 is 1. The van der Waals surface area contributed by atoms with Crippen molar-refractivity contribution in [1.82, 2.24) is 19.3 Å². The zero-order chi connectivity index (χ0) is 20.1. The molecule has 28 heavy (non-hydrogen) atoms. The Bertz CT molecular complexity index is 1030. The van der Waals surface area contributed by atoms with E-state index in [9.17, 15) is 9.59 Å². The lowest BCUT2D eigenvalue weighted by molar-refractivity contribution is -0.116. The number of nitrogens with zero attached hydrogens (tertiary/aromatic N) is 4. The molecule has 2 heterocycles. The lowest BCUT2D eigenvalue weighted by Crippen LogP contribution is -2.22. The molecular formula is C19H21N5O3S. The van der Waals surface area contributed by atoms with Crippen molar-refractivity contribution in [2.24, 2.45) is 7.05 Å². The van der Waals surface area contributed by atoms with E-state index in [4.69, 9.17) is 4.74 Å². The van der Waals surface area contributed by atoms with Crippen LogP contribution >= 0.6 is 11.8 Å². The number of anilines is 1. The van der Waals surface area contributed by atoms with E-state index in [1.165, 1.54) is 24.9 Å². The van der Waals surface area contributed by atoms with Crippen LogP contribution in [-0.2, 0) is 24.1 Å². The maximum atomic E-state index is 12.5. The number of aryl methyl sites for hydroxylation is 2. The maximum Gasteiger partial charge on any atom is 0.244 e. The van der Waals surface area contributed by atoms with Crippen molar-refractivity contribution in [2.75, 3.05) is 12.4 Å². The molecule has 0 aliphatic carbocycles. The topological polar surface area (TPSA) is 91.0 Å². The number of carbonyl (C=O) groups excluding carboxylic acids is 1. The van der Waals surface area contributed by atoms with Crippen molar-refractivity contribution >= 4 is 23.4 Å². The molecule has 1 aromatic carbocycles. The van der Waals surface area contributed by atoms with Gasteiger partial charge in [-0.2, -0.15) is 0 Å². The molecule has 3 rings (SSSR count). The summed E-state index contributed by atoms with van der Waals surface area (Å²) in [5.74, 6) is 0.457. The second-order valence-electron chi connectivity index (χ2n) is 6.25. The Morgan fingerprint density at radius 2 is 2.04 bits per heavy atom. The summed E-state index contributed by atoms with van der Waals surface area (Å²) in [5.41, 5.74) is 2.30. The first-order valence-electron chi connectivity index (χ1n) is 8.57. The highest BCUT2D eigenvalue weighted by atomic mass is 32.2. The molecule has 0 aliphatic rings. The normalized spacial score (nSPS) is 10.7. The molecule has 3 aromatic rings. The number of ether oxygens (including phenoxy) is 1. The molecule has 0 saturated heterocycles. The fraction of sp³-hybridized carbons (Fsp3) is 0.263. The summed E-state index contributed by atoms with van der Waals surface area (Å²) in [6.07, 6.45) is 3.17. The SMILES string of the molecule is COc1cn(CC(=O)Nc2ccc(C)cc2)c(CSc2nncn2C)cc1=O. The van der Waals surface area contributed by atoms with Gasteiger partial charge in [0, 0.05) is 30.2 Å². The molecule has 0 aliphatic heterocycles. The van der Waals surface area contributed by atoms with Crippen LogP contribution in [0.15, 0.2) is 52.8 Å². The molecule has 8 nitrogen and oxygen atoms in total. The fourth-order valence-corrected chi connectivity index (χ4v) is 3.43. The first-order valence-corrected chi connectivity index (χ1v) is 9.55. The highest BCUT2D eigenvalue weighted by Gasteiger charge is 2.12. The third-order valence-corrected chi connectivity index (χ3v) is 5.14. The van der Waals surface area contributed by atoms with Crippen LogP contribution in [0.3, 0.4) is 0 Å². The maximum absolute atomic E-state index is 12.5. The Kier molecular flexibility index (Phi) is 6.15. The number of amides is 1. The number of aromatic nitrogens is 4. The number of rotatable bonds is 7. The minimum atomic E-state index is -0.230. The zero-order valence-corrected chi connectivity index (χ0v) is 16.7. The average molecular weight is 399 g/mol. The van der Waals surface area contributed by atoms with Crippen LogP contribution in [0.1, 0.15) is 11.3 Å². The molecule has 0 radical (unpaired) electrons. The van der Waals surface area contributed by atoms with Crippen molar-refractivity contribution in [1.29, 1.82) is 0 Å². The van der Waals surface area contributed by atoms with Gasteiger partial charge in [-0.15, -0.1) is 10.2 Å². The third kappa shape index (κ3) is 4.80. The molecule has 0 unspecified atom stereocenters. The van der Waals surface area contributed by atoms with E-state index in [-0.39, 0.29) is 23.6 Å². The number of hydrogen-bond acceptors (Lipinski definition) is 6. The summed E-state index contributed by atoms with van der Waals surface area (Å²) in [7, 11) is 3.28. The minimum absolute atomic E-state index is 0.0548. The van der Waals surface area contributed by atoms with E-state index in [0.29, 0.717) is 11.4 Å². The molecule has 146 valence electrons. The Balaban J connectivity index is 1.79. The minimum Gasteiger partial charge on any atom is -0.491 e. The predicted octanol–water partition coefficient (Wildman–Crippen LogP) is 2.22. The van der Waals surface area contributed by atoms with Crippen molar-refractivity contribution in [3.05, 3.63) is 64.3 Å². The van der Waals surface area contributed by atoms with Gasteiger partial charge in [-0.05, 0) is 19.1 Å². The third-order valence-electron chi connectivity index (χ3n) is 4.07. The first kappa shape index (κ1) is 19.7. The van der Waals surface area contributed by atoms with Gasteiger partial charge < -0.3 is 19.2 Å². The number of carbonyl (C=O) groups is 1. The van der Waals surface area contributed by atoms with Crippen molar-refractivity contribution < 1.29 is 9.53 Å². The van der Waals surface area contributed by atoms with Gasteiger partial charge in [0.1, 0.15) is 12.9 Å². The van der Waals surface area contributed by atoms with Gasteiger partial charge in [0.05, 0.1) is 13.3 Å². The van der Waals surface area contributed by atoms with Gasteiger partial charge in [-0.25, -0.2) is 0 Å². The summed E-state index contributed by atoms with van der Waals surface area (Å²) in [4.78, 5) is 24.7. The highest BCUT2D eigenvalue weighted by Crippen LogP contribution is 2.20. The Morgan fingerprint density at radius 3 is 2.68 bits per heavy atom. The summed E-state index contributed by atoms with van der Waals surface area (Å²) in [6, 6.07) is 9.05. The largest absolute Gasteiger partial charge is 0.491 e. The molecule has 0 bridgehead atoms. The van der Waals surface area contributed by atoms with Gasteiger partial charge in [-0.3, -0.25) is 9.59 Å². The quantitative estimate of drug-likeness (QED) is 0.613. The molecule has 0 atom stereocenters. The van der Waals surface area contributed by atoms with E-state index in [1.54, 1.807) is 21.7 Å². The van der Waals surface area contributed by atoms with Gasteiger partial charge in [-0.1, -0.05) is 29.5 Å². The van der Waals surface area contributed by atoms with Crippen LogP contribution in [0.25, 0.3) is 0 Å². The fourth-order valence-electron chi connectivity index (χ4n) is 2.55. The zero-order valence-electron chi connectivity index (χ0n) is 15.9. The number of benzene rings is 1. The average Bonchev–Trinajstić information content (AvgIpc) is 3.08. The standard InChI is InChI=1S/C19H21N5O3S/c1-13-4-6-14(7-5-13)21-18(26)10-24-9-17(27-3)16(25)8-15(24)11-28-19-22-20-12-23(19)2/h4-9,12H,10-11H2,1-3H3,(H,21,26). The van der Waals surface area contributed by atoms with Crippen LogP contribution in [0, 0.1) is 6.92 Å². The summed E-state index contributed by atoms with van der Waals surface area (Å²) in [6.45, 7) is 2.04. The highest BCUT2D eigenvalue weighted by molar-refractivity contribution is 7.98. The lowest BCUT2D eigenvalue weighted by atomic mass is 10.2. The number of pyridine rings is 1. The monoisotopic (exact) mass is 399 g/mol. The van der Waals surface area contributed by atoms with Crippen LogP contribution in [0.2, 0.25) is 0 Å². The van der Waals surface area contributed by atoms with Crippen molar-refractivity contribution in [2.45, 2.75) is 24.4 Å². The van der Waals surface area contributed by atoms with Crippen LogP contribution in [0.4, 0.5) is 5.69 Å². The van der Waals surface area contributed by atoms with Gasteiger partial charge in [0.2, 0.25) is 11.3 Å². The molecule has 2 aromatic heterocycles. The van der Waals surface area contributed by atoms with Crippen LogP contribution in [0.5, 0.6) is 5.75 Å². The molecule has 1 N–H and O–H groups in total. The van der Waals surface area contributed by atoms with Gasteiger partial charge in [0.25, 0.3) is 0 Å². The molecule has 0 fully saturated rings. The Morgan fingerprint density at radius 1 is 1.29 bits per heavy atom. The van der Waals surface area contributed by atoms with E-state index in [2.05, 4.69) is 15.5 Å². The van der Waals surface area contributed by atoms with Gasteiger partial charge in [0.15, 0.2) is 10.9 Å². The van der Waals surface area contributed by atoms with Crippen molar-refractivity contribution in [3.63, 3.8) is 0 Å². The first-order chi connectivity index (χ1) is 13.5. The second-order valence-corrected chi connectivity index (χ2v) is 7.20.